The molecule has 0 amide bonds. The Hall–Kier alpha value is -1.57. The highest BCUT2D eigenvalue weighted by Gasteiger charge is 2.19. The van der Waals surface area contributed by atoms with Crippen molar-refractivity contribution in [2.45, 2.75) is 19.4 Å². The Bertz CT molecular complexity index is 460. The van der Waals surface area contributed by atoms with E-state index < -0.39 is 0 Å². The molecule has 1 aliphatic rings. The van der Waals surface area contributed by atoms with E-state index in [2.05, 4.69) is 11.0 Å². The maximum atomic E-state index is 9.14. The number of likely N-dealkylation sites (tertiary alicyclic amines) is 1. The number of hydrogen-bond donors (Lipinski definition) is 1. The van der Waals surface area contributed by atoms with Gasteiger partial charge in [0, 0.05) is 18.7 Å². The fourth-order valence-electron chi connectivity index (χ4n) is 2.54. The quantitative estimate of drug-likeness (QED) is 0.896. The Morgan fingerprint density at radius 1 is 1.42 bits per heavy atom. The van der Waals surface area contributed by atoms with Crippen LogP contribution in [-0.4, -0.2) is 36.8 Å². The van der Waals surface area contributed by atoms with Gasteiger partial charge in [-0.05, 0) is 50.0 Å². The fourth-order valence-corrected chi connectivity index (χ4v) is 2.54. The first-order valence-corrected chi connectivity index (χ1v) is 6.67. The lowest BCUT2D eigenvalue weighted by Crippen LogP contribution is -2.34. The summed E-state index contributed by atoms with van der Waals surface area (Å²) in [6.45, 7) is 3.08. The van der Waals surface area contributed by atoms with Crippen LogP contribution in [-0.2, 0) is 6.54 Å². The summed E-state index contributed by atoms with van der Waals surface area (Å²) in [6, 6.07) is 7.70. The molecule has 1 aromatic carbocycles. The number of aliphatic hydroxyl groups excluding tert-OH is 1. The first-order chi connectivity index (χ1) is 9.26. The van der Waals surface area contributed by atoms with Crippen LogP contribution in [0.15, 0.2) is 18.2 Å². The van der Waals surface area contributed by atoms with Gasteiger partial charge in [-0.1, -0.05) is 0 Å². The van der Waals surface area contributed by atoms with Crippen molar-refractivity contribution < 1.29 is 9.84 Å². The molecule has 1 heterocycles. The summed E-state index contributed by atoms with van der Waals surface area (Å²) in [7, 11) is 1.66. The minimum Gasteiger partial charge on any atom is -0.496 e. The lowest BCUT2D eigenvalue weighted by atomic mass is 9.97. The number of piperidine rings is 1. The second kappa shape index (κ2) is 6.55. The van der Waals surface area contributed by atoms with Gasteiger partial charge in [0.15, 0.2) is 0 Å². The zero-order chi connectivity index (χ0) is 13.7. The molecule has 0 bridgehead atoms. The van der Waals surface area contributed by atoms with Crippen LogP contribution < -0.4 is 4.74 Å². The Labute approximate surface area is 114 Å². The van der Waals surface area contributed by atoms with Crippen molar-refractivity contribution in [3.8, 4) is 11.8 Å². The van der Waals surface area contributed by atoms with E-state index in [0.717, 1.165) is 43.8 Å². The zero-order valence-electron chi connectivity index (χ0n) is 11.3. The van der Waals surface area contributed by atoms with Gasteiger partial charge in [-0.15, -0.1) is 0 Å². The summed E-state index contributed by atoms with van der Waals surface area (Å²) >= 11 is 0. The summed E-state index contributed by atoms with van der Waals surface area (Å²) in [5.74, 6) is 1.28. The lowest BCUT2D eigenvalue weighted by Gasteiger charge is -2.31. The monoisotopic (exact) mass is 260 g/mol. The van der Waals surface area contributed by atoms with Crippen molar-refractivity contribution in [2.24, 2.45) is 5.92 Å². The van der Waals surface area contributed by atoms with Crippen LogP contribution in [0.1, 0.15) is 24.0 Å². The summed E-state index contributed by atoms with van der Waals surface area (Å²) in [5.41, 5.74) is 1.73. The van der Waals surface area contributed by atoms with Crippen molar-refractivity contribution in [1.29, 1.82) is 5.26 Å². The van der Waals surface area contributed by atoms with Gasteiger partial charge in [-0.3, -0.25) is 4.90 Å². The van der Waals surface area contributed by atoms with Crippen LogP contribution in [0.4, 0.5) is 0 Å². The smallest absolute Gasteiger partial charge is 0.123 e. The molecule has 0 radical (unpaired) electrons. The molecule has 19 heavy (non-hydrogen) atoms. The van der Waals surface area contributed by atoms with Crippen molar-refractivity contribution in [3.05, 3.63) is 29.3 Å². The first-order valence-electron chi connectivity index (χ1n) is 6.67. The standard InChI is InChI=1S/C15H20N2O2/c1-19-15-3-2-13(9-16)8-14(15)10-17-6-4-12(11-18)5-7-17/h2-3,8,12,18H,4-7,10-11H2,1H3. The fraction of sp³-hybridized carbons (Fsp3) is 0.533. The van der Waals surface area contributed by atoms with Gasteiger partial charge in [-0.25, -0.2) is 0 Å². The predicted octanol–water partition coefficient (Wildman–Crippen LogP) is 1.77. The number of aliphatic hydroxyl groups is 1. The molecule has 1 aromatic rings. The Balaban J connectivity index is 2.04. The number of nitrogens with zero attached hydrogens (tertiary/aromatic N) is 2. The van der Waals surface area contributed by atoms with Crippen LogP contribution in [0, 0.1) is 17.2 Å². The molecule has 0 atom stereocenters. The molecule has 2 rings (SSSR count). The Morgan fingerprint density at radius 2 is 2.16 bits per heavy atom. The van der Waals surface area contributed by atoms with Gasteiger partial charge in [0.05, 0.1) is 18.7 Å². The summed E-state index contributed by atoms with van der Waals surface area (Å²) in [6.07, 6.45) is 2.08. The van der Waals surface area contributed by atoms with Crippen molar-refractivity contribution >= 4 is 0 Å². The van der Waals surface area contributed by atoms with Gasteiger partial charge >= 0.3 is 0 Å². The van der Waals surface area contributed by atoms with Crippen molar-refractivity contribution in [3.63, 3.8) is 0 Å². The van der Waals surface area contributed by atoms with E-state index in [4.69, 9.17) is 15.1 Å². The van der Waals surface area contributed by atoms with E-state index in [1.807, 2.05) is 12.1 Å². The van der Waals surface area contributed by atoms with E-state index in [1.54, 1.807) is 13.2 Å². The minimum atomic E-state index is 0.293. The first kappa shape index (κ1) is 13.9. The number of nitriles is 1. The highest BCUT2D eigenvalue weighted by molar-refractivity contribution is 5.42. The van der Waals surface area contributed by atoms with E-state index in [0.29, 0.717) is 18.1 Å². The van der Waals surface area contributed by atoms with Crippen molar-refractivity contribution in [2.75, 3.05) is 26.8 Å². The number of rotatable bonds is 4. The van der Waals surface area contributed by atoms with E-state index >= 15 is 0 Å². The maximum absolute atomic E-state index is 9.14. The van der Waals surface area contributed by atoms with Crippen LogP contribution in [0.5, 0.6) is 5.75 Å². The van der Waals surface area contributed by atoms with Gasteiger partial charge < -0.3 is 9.84 Å². The van der Waals surface area contributed by atoms with Crippen LogP contribution in [0.3, 0.4) is 0 Å². The number of ether oxygens (including phenoxy) is 1. The molecular formula is C15H20N2O2. The molecule has 0 spiro atoms. The van der Waals surface area contributed by atoms with E-state index in [1.165, 1.54) is 0 Å². The molecule has 102 valence electrons. The average molecular weight is 260 g/mol. The van der Waals surface area contributed by atoms with E-state index in [-0.39, 0.29) is 0 Å². The normalized spacial score (nSPS) is 17.1. The molecule has 0 saturated carbocycles. The number of hydrogen-bond acceptors (Lipinski definition) is 4. The molecule has 1 aliphatic heterocycles. The topological polar surface area (TPSA) is 56.5 Å². The Morgan fingerprint density at radius 3 is 2.74 bits per heavy atom. The number of methoxy groups -OCH3 is 1. The van der Waals surface area contributed by atoms with Gasteiger partial charge in [0.25, 0.3) is 0 Å². The lowest BCUT2D eigenvalue weighted by molar-refractivity contribution is 0.127. The summed E-state index contributed by atoms with van der Waals surface area (Å²) in [5, 5.41) is 18.1. The van der Waals surface area contributed by atoms with Gasteiger partial charge in [0.1, 0.15) is 5.75 Å². The van der Waals surface area contributed by atoms with Crippen molar-refractivity contribution in [1.82, 2.24) is 4.90 Å². The number of benzene rings is 1. The summed E-state index contributed by atoms with van der Waals surface area (Å²) in [4.78, 5) is 2.35. The average Bonchev–Trinajstić information content (AvgIpc) is 2.48. The van der Waals surface area contributed by atoms with Crippen LogP contribution in [0.2, 0.25) is 0 Å². The largest absolute Gasteiger partial charge is 0.496 e. The molecule has 4 nitrogen and oxygen atoms in total. The third-order valence-electron chi connectivity index (χ3n) is 3.77. The molecule has 1 N–H and O–H groups in total. The molecule has 1 saturated heterocycles. The SMILES string of the molecule is COc1ccc(C#N)cc1CN1CCC(CO)CC1. The van der Waals surface area contributed by atoms with Gasteiger partial charge in [0.2, 0.25) is 0 Å². The molecular weight excluding hydrogens is 240 g/mol. The maximum Gasteiger partial charge on any atom is 0.123 e. The third-order valence-corrected chi connectivity index (χ3v) is 3.77. The highest BCUT2D eigenvalue weighted by Crippen LogP contribution is 2.24. The predicted molar refractivity (Wildman–Crippen MR) is 72.8 cm³/mol. The van der Waals surface area contributed by atoms with E-state index in [9.17, 15) is 0 Å². The molecule has 4 heteroatoms. The molecule has 0 unspecified atom stereocenters. The highest BCUT2D eigenvalue weighted by atomic mass is 16.5. The molecule has 1 fully saturated rings. The zero-order valence-corrected chi connectivity index (χ0v) is 11.3. The second-order valence-corrected chi connectivity index (χ2v) is 5.04. The second-order valence-electron chi connectivity index (χ2n) is 5.04. The van der Waals surface area contributed by atoms with Crippen LogP contribution >= 0.6 is 0 Å². The van der Waals surface area contributed by atoms with Gasteiger partial charge in [-0.2, -0.15) is 5.26 Å². The Kier molecular flexibility index (Phi) is 4.78. The van der Waals surface area contributed by atoms with Crippen LogP contribution in [0.25, 0.3) is 0 Å². The molecule has 0 aromatic heterocycles. The molecule has 0 aliphatic carbocycles. The third kappa shape index (κ3) is 3.46. The minimum absolute atomic E-state index is 0.293. The summed E-state index contributed by atoms with van der Waals surface area (Å²) < 4.78 is 5.35.